The fourth-order valence-electron chi connectivity index (χ4n) is 11.6. The number of ketones is 1. The summed E-state index contributed by atoms with van der Waals surface area (Å²) in [6, 6.07) is 13.4. The number of aliphatic carboxylic acids is 1. The Hall–Kier alpha value is -5.44. The highest BCUT2D eigenvalue weighted by Gasteiger charge is 2.54. The number of aryl methyl sites for hydroxylation is 1. The number of aromatic nitrogens is 3. The standard InChI is InChI=1S/C55H72N4O22S2/c1-3-31-22-34(38(61)20-11-10-18-35-26-59(58-57-35)27-43(62)56-37-19-12-17-33-23-36(82(70,71)72)25-42(44(33)37)83(73,74)75)24-39(49(31)81-54-48(66)47(65)45(63)29(2)76-54)78-55-51(80-53(69)32-15-8-5-9-16-32)50(46(64)41(28-60)79-55)77-40(52(67)68)21-30-13-6-4-7-14-30/h5,8-9,12,15-17,19,23,25-26,29-31,34,39-41,45-51,54-55,60,63-66H,3-4,6-7,10-11,13-14,18,20-22,24,27-28H2,1-2H3,(H,56,62)(H,67,68)(H,70,71,72)(H,73,74,75)/t29?,31?,34?,39?,40?,41?,45?,46?,47?,48?,49-,50?,51?,54?,55?/m0/s1. The van der Waals surface area contributed by atoms with Crippen molar-refractivity contribution in [3.63, 3.8) is 0 Å². The molecule has 4 fully saturated rings. The van der Waals surface area contributed by atoms with Crippen molar-refractivity contribution in [1.29, 1.82) is 0 Å². The molecule has 14 unspecified atom stereocenters. The zero-order chi connectivity index (χ0) is 59.9. The second kappa shape index (κ2) is 27.7. The predicted molar refractivity (Wildman–Crippen MR) is 288 cm³/mol. The number of carboxylic acid groups (broad SMARTS) is 1. The number of aliphatic hydroxyl groups is 5. The number of ether oxygens (including phenoxy) is 6. The zero-order valence-electron chi connectivity index (χ0n) is 45.6. The Morgan fingerprint density at radius 2 is 1.55 bits per heavy atom. The van der Waals surface area contributed by atoms with Gasteiger partial charge in [-0.05, 0) is 93.0 Å². The smallest absolute Gasteiger partial charge is 0.338 e. The van der Waals surface area contributed by atoms with Gasteiger partial charge in [-0.2, -0.15) is 16.8 Å². The lowest BCUT2D eigenvalue weighted by Gasteiger charge is -2.49. The van der Waals surface area contributed by atoms with Gasteiger partial charge in [0.25, 0.3) is 20.2 Å². The molecule has 83 heavy (non-hydrogen) atoms. The quantitative estimate of drug-likeness (QED) is 0.0276. The van der Waals surface area contributed by atoms with Gasteiger partial charge < -0.3 is 64.4 Å². The Morgan fingerprint density at radius 1 is 0.819 bits per heavy atom. The maximum atomic E-state index is 14.4. The van der Waals surface area contributed by atoms with E-state index in [-0.39, 0.29) is 59.4 Å². The lowest BCUT2D eigenvalue weighted by atomic mass is 9.74. The molecule has 2 saturated heterocycles. The van der Waals surface area contributed by atoms with Gasteiger partial charge >= 0.3 is 11.9 Å². The summed E-state index contributed by atoms with van der Waals surface area (Å²) in [5, 5.41) is 75.8. The Balaban J connectivity index is 0.981. The van der Waals surface area contributed by atoms with Crippen molar-refractivity contribution in [2.24, 2.45) is 17.8 Å². The van der Waals surface area contributed by atoms with Gasteiger partial charge in [-0.1, -0.05) is 81.0 Å². The molecule has 1 amide bonds. The number of rotatable bonds is 24. The van der Waals surface area contributed by atoms with Crippen LogP contribution in [0.15, 0.2) is 76.7 Å². The summed E-state index contributed by atoms with van der Waals surface area (Å²) < 4.78 is 107. The Labute approximate surface area is 478 Å². The van der Waals surface area contributed by atoms with Crippen molar-refractivity contribution >= 4 is 60.3 Å². The summed E-state index contributed by atoms with van der Waals surface area (Å²) >= 11 is 0. The number of hydrogen-bond acceptors (Lipinski definition) is 21. The minimum absolute atomic E-state index is 0.00567. The number of aliphatic hydroxyl groups excluding tert-OH is 5. The van der Waals surface area contributed by atoms with Gasteiger partial charge in [0, 0.05) is 23.9 Å². The molecule has 3 aromatic carbocycles. The van der Waals surface area contributed by atoms with Gasteiger partial charge in [0.15, 0.2) is 24.8 Å². The topological polar surface area (TPSA) is 397 Å². The molecule has 9 N–H and O–H groups in total. The van der Waals surface area contributed by atoms with Crippen LogP contribution in [-0.2, 0) is 76.0 Å². The fraction of sp³-hybridized carbons (Fsp3) is 0.600. The molecule has 456 valence electrons. The molecule has 26 nitrogen and oxygen atoms in total. The first-order valence-electron chi connectivity index (χ1n) is 27.8. The molecule has 2 saturated carbocycles. The molecular weight excluding hydrogens is 1130 g/mol. The summed E-state index contributed by atoms with van der Waals surface area (Å²) in [5.41, 5.74) is 0.457. The molecule has 4 aromatic rings. The van der Waals surface area contributed by atoms with Crippen LogP contribution in [0.1, 0.15) is 107 Å². The molecule has 3 heterocycles. The van der Waals surface area contributed by atoms with E-state index in [9.17, 15) is 75.8 Å². The van der Waals surface area contributed by atoms with Crippen LogP contribution in [0, 0.1) is 17.8 Å². The van der Waals surface area contributed by atoms with Crippen molar-refractivity contribution in [2.45, 2.75) is 193 Å². The molecule has 0 radical (unpaired) electrons. The summed E-state index contributed by atoms with van der Waals surface area (Å²) in [6.07, 6.45) is -11.6. The molecule has 8 rings (SSSR count). The van der Waals surface area contributed by atoms with Crippen LogP contribution in [0.3, 0.4) is 0 Å². The SMILES string of the molecule is CCC1CC(C(=O)CCCCc2cn(CC(=O)Nc3cccc4cc(S(=O)(=O)O)cc(S(=O)(=O)O)c34)nn2)CC(OC2OC(CO)C(O)C(OC(CC3CCCCC3)C(=O)O)C2OC(=O)c2ccccc2)[C@H]1OC1OC(C)C(O)C(O)C1O. The zero-order valence-corrected chi connectivity index (χ0v) is 47.3. The summed E-state index contributed by atoms with van der Waals surface area (Å²) in [6.45, 7) is 2.11. The monoisotopic (exact) mass is 1200 g/mol. The van der Waals surface area contributed by atoms with Crippen molar-refractivity contribution in [1.82, 2.24) is 15.0 Å². The number of carbonyl (C=O) groups excluding carboxylic acids is 3. The number of esters is 1. The van der Waals surface area contributed by atoms with E-state index in [1.54, 1.807) is 18.2 Å². The number of carboxylic acids is 1. The number of amides is 1. The summed E-state index contributed by atoms with van der Waals surface area (Å²) in [7, 11) is -9.95. The highest BCUT2D eigenvalue weighted by molar-refractivity contribution is 7.86. The predicted octanol–water partition coefficient (Wildman–Crippen LogP) is 2.99. The average molecular weight is 1210 g/mol. The lowest BCUT2D eigenvalue weighted by Crippen LogP contribution is -2.64. The van der Waals surface area contributed by atoms with Crippen LogP contribution in [0.25, 0.3) is 10.8 Å². The normalized spacial score (nSPS) is 29.5. The number of unbranched alkanes of at least 4 members (excludes halogenated alkanes) is 1. The molecule has 28 heteroatoms. The maximum absolute atomic E-state index is 14.4. The van der Waals surface area contributed by atoms with Gasteiger partial charge in [-0.25, -0.2) is 14.3 Å². The van der Waals surface area contributed by atoms with Crippen LogP contribution < -0.4 is 5.32 Å². The Kier molecular flexibility index (Phi) is 21.2. The number of fused-ring (bicyclic) bond motifs is 1. The Morgan fingerprint density at radius 3 is 2.23 bits per heavy atom. The van der Waals surface area contributed by atoms with Crippen molar-refractivity contribution in [3.8, 4) is 0 Å². The highest BCUT2D eigenvalue weighted by Crippen LogP contribution is 2.42. The third kappa shape index (κ3) is 15.7. The van der Waals surface area contributed by atoms with Crippen molar-refractivity contribution in [2.75, 3.05) is 11.9 Å². The van der Waals surface area contributed by atoms with E-state index in [0.717, 1.165) is 38.2 Å². The number of nitrogens with one attached hydrogen (secondary N) is 1. The number of nitrogens with zero attached hydrogens (tertiary/aromatic N) is 3. The molecule has 4 aliphatic rings. The van der Waals surface area contributed by atoms with Crippen LogP contribution in [0.2, 0.25) is 0 Å². The molecular formula is C55H72N4O22S2. The third-order valence-corrected chi connectivity index (χ3v) is 17.7. The van der Waals surface area contributed by atoms with E-state index in [2.05, 4.69) is 15.6 Å². The van der Waals surface area contributed by atoms with E-state index < -0.39 is 153 Å². The van der Waals surface area contributed by atoms with E-state index in [4.69, 9.17) is 28.4 Å². The van der Waals surface area contributed by atoms with Crippen molar-refractivity contribution in [3.05, 3.63) is 78.1 Å². The minimum Gasteiger partial charge on any atom is -0.479 e. The van der Waals surface area contributed by atoms with E-state index in [1.807, 2.05) is 6.92 Å². The Bertz CT molecular complexity index is 3130. The van der Waals surface area contributed by atoms with E-state index >= 15 is 0 Å². The van der Waals surface area contributed by atoms with Gasteiger partial charge in [0.1, 0.15) is 53.8 Å². The second-order valence-electron chi connectivity index (χ2n) is 21.8. The van der Waals surface area contributed by atoms with Crippen LogP contribution in [0.4, 0.5) is 5.69 Å². The number of carbonyl (C=O) groups is 4. The van der Waals surface area contributed by atoms with Crippen LogP contribution in [0.5, 0.6) is 0 Å². The minimum atomic E-state index is -5.06. The number of anilines is 1. The van der Waals surface area contributed by atoms with Gasteiger partial charge in [-0.15, -0.1) is 5.10 Å². The first kappa shape index (κ1) is 63.6. The largest absolute Gasteiger partial charge is 0.479 e. The molecule has 0 bridgehead atoms. The molecule has 1 aromatic heterocycles. The lowest BCUT2D eigenvalue weighted by molar-refractivity contribution is -0.349. The molecule has 0 spiro atoms. The summed E-state index contributed by atoms with van der Waals surface area (Å²) in [5.74, 6) is -4.30. The number of benzene rings is 3. The van der Waals surface area contributed by atoms with Gasteiger partial charge in [0.2, 0.25) is 5.91 Å². The molecule has 15 atom stereocenters. The molecule has 2 aliphatic carbocycles. The average Bonchev–Trinajstić information content (AvgIpc) is 3.86. The first-order valence-corrected chi connectivity index (χ1v) is 30.6. The summed E-state index contributed by atoms with van der Waals surface area (Å²) in [4.78, 5) is 52.8. The van der Waals surface area contributed by atoms with E-state index in [0.29, 0.717) is 37.4 Å². The van der Waals surface area contributed by atoms with Gasteiger partial charge in [-0.3, -0.25) is 18.7 Å². The van der Waals surface area contributed by atoms with E-state index in [1.165, 1.54) is 48.1 Å². The third-order valence-electron chi connectivity index (χ3n) is 16.0. The first-order chi connectivity index (χ1) is 39.4. The highest BCUT2D eigenvalue weighted by atomic mass is 32.2. The molecule has 2 aliphatic heterocycles. The number of Topliss-reactive ketones (excluding diaryl/α,β-unsaturated/α-hetero) is 1. The van der Waals surface area contributed by atoms with Crippen LogP contribution >= 0.6 is 0 Å². The fourth-order valence-corrected chi connectivity index (χ4v) is 13.0. The van der Waals surface area contributed by atoms with Crippen molar-refractivity contribution < 1.29 is 104 Å². The van der Waals surface area contributed by atoms with Crippen LogP contribution in [-0.4, -0.2) is 182 Å². The maximum Gasteiger partial charge on any atom is 0.338 e. The number of hydrogen-bond donors (Lipinski definition) is 9. The second-order valence-corrected chi connectivity index (χ2v) is 24.6. The van der Waals surface area contributed by atoms with Gasteiger partial charge in [0.05, 0.1) is 46.8 Å².